The van der Waals surface area contributed by atoms with Crippen LogP contribution in [0.25, 0.3) is 10.8 Å². The van der Waals surface area contributed by atoms with Gasteiger partial charge in [-0.3, -0.25) is 4.90 Å². The fourth-order valence-electron chi connectivity index (χ4n) is 2.43. The molecule has 88 valence electrons. The van der Waals surface area contributed by atoms with Gasteiger partial charge in [0.05, 0.1) is 7.11 Å². The number of rotatable bonds is 3. The van der Waals surface area contributed by atoms with Crippen molar-refractivity contribution in [2.75, 3.05) is 20.2 Å². The molecule has 1 aliphatic rings. The molecule has 2 aromatic carbocycles. The Morgan fingerprint density at radius 3 is 2.47 bits per heavy atom. The van der Waals surface area contributed by atoms with E-state index in [-0.39, 0.29) is 0 Å². The summed E-state index contributed by atoms with van der Waals surface area (Å²) in [5.74, 6) is 0.966. The first kappa shape index (κ1) is 10.6. The van der Waals surface area contributed by atoms with Crippen LogP contribution in [-0.4, -0.2) is 25.1 Å². The van der Waals surface area contributed by atoms with E-state index >= 15 is 0 Å². The van der Waals surface area contributed by atoms with Crippen molar-refractivity contribution < 1.29 is 4.74 Å². The molecule has 0 aliphatic carbocycles. The number of hydrogen-bond acceptors (Lipinski definition) is 2. The van der Waals surface area contributed by atoms with E-state index in [1.807, 2.05) is 0 Å². The number of likely N-dealkylation sites (tertiary alicyclic amines) is 1. The Morgan fingerprint density at radius 2 is 1.82 bits per heavy atom. The summed E-state index contributed by atoms with van der Waals surface area (Å²) in [6.45, 7) is 3.53. The molecule has 1 fully saturated rings. The summed E-state index contributed by atoms with van der Waals surface area (Å²) >= 11 is 0. The van der Waals surface area contributed by atoms with Gasteiger partial charge in [-0.15, -0.1) is 0 Å². The number of benzene rings is 2. The quantitative estimate of drug-likeness (QED) is 0.799. The number of ether oxygens (including phenoxy) is 1. The summed E-state index contributed by atoms with van der Waals surface area (Å²) in [4.78, 5) is 2.48. The molecular weight excluding hydrogens is 210 g/mol. The van der Waals surface area contributed by atoms with Gasteiger partial charge in [0.25, 0.3) is 0 Å². The van der Waals surface area contributed by atoms with Gasteiger partial charge >= 0.3 is 0 Å². The first-order chi connectivity index (χ1) is 8.38. The molecular formula is C15H17NO. The smallest absolute Gasteiger partial charge is 0.126 e. The lowest BCUT2D eigenvalue weighted by Crippen LogP contribution is -2.36. The Hall–Kier alpha value is -1.54. The summed E-state index contributed by atoms with van der Waals surface area (Å²) in [5, 5.41) is 2.53. The summed E-state index contributed by atoms with van der Waals surface area (Å²) < 4.78 is 5.41. The molecule has 2 heteroatoms. The first-order valence-corrected chi connectivity index (χ1v) is 6.15. The van der Waals surface area contributed by atoms with Crippen LogP contribution < -0.4 is 4.74 Å². The zero-order chi connectivity index (χ0) is 11.7. The van der Waals surface area contributed by atoms with Crippen LogP contribution in [0.5, 0.6) is 5.75 Å². The van der Waals surface area contributed by atoms with Crippen molar-refractivity contribution in [2.45, 2.75) is 13.0 Å². The van der Waals surface area contributed by atoms with Gasteiger partial charge in [-0.1, -0.05) is 30.3 Å². The molecule has 0 N–H and O–H groups in total. The Bertz CT molecular complexity index is 531. The highest BCUT2D eigenvalue weighted by molar-refractivity contribution is 5.91. The summed E-state index contributed by atoms with van der Waals surface area (Å²) in [6.07, 6.45) is 1.34. The summed E-state index contributed by atoms with van der Waals surface area (Å²) in [7, 11) is 1.73. The number of methoxy groups -OCH3 is 1. The molecule has 1 heterocycles. The molecule has 0 spiro atoms. The van der Waals surface area contributed by atoms with Crippen molar-refractivity contribution in [1.82, 2.24) is 4.90 Å². The van der Waals surface area contributed by atoms with Crippen molar-refractivity contribution in [3.63, 3.8) is 0 Å². The number of nitrogens with zero attached hydrogens (tertiary/aromatic N) is 1. The van der Waals surface area contributed by atoms with Crippen molar-refractivity contribution in [3.8, 4) is 5.75 Å². The molecule has 0 saturated carbocycles. The van der Waals surface area contributed by atoms with Gasteiger partial charge in [0.1, 0.15) is 5.75 Å². The molecule has 0 aromatic heterocycles. The molecule has 1 saturated heterocycles. The molecule has 2 nitrogen and oxygen atoms in total. The lowest BCUT2D eigenvalue weighted by molar-refractivity contribution is 0.173. The van der Waals surface area contributed by atoms with Gasteiger partial charge in [0.2, 0.25) is 0 Å². The minimum absolute atomic E-state index is 0.966. The van der Waals surface area contributed by atoms with Crippen LogP contribution >= 0.6 is 0 Å². The summed E-state index contributed by atoms with van der Waals surface area (Å²) in [5.41, 5.74) is 1.40. The van der Waals surface area contributed by atoms with Crippen LogP contribution in [0.3, 0.4) is 0 Å². The van der Waals surface area contributed by atoms with E-state index < -0.39 is 0 Å². The molecule has 0 radical (unpaired) electrons. The molecule has 2 aromatic rings. The zero-order valence-electron chi connectivity index (χ0n) is 10.1. The van der Waals surface area contributed by atoms with E-state index in [1.54, 1.807) is 7.11 Å². The number of hydrogen-bond donors (Lipinski definition) is 0. The standard InChI is InChI=1S/C15H17NO/c1-17-15-8-7-12(11-16-9-4-10-16)13-5-2-3-6-14(13)15/h2-3,5-8H,4,9-11H2,1H3. The van der Waals surface area contributed by atoms with E-state index in [9.17, 15) is 0 Å². The fraction of sp³-hybridized carbons (Fsp3) is 0.333. The Balaban J connectivity index is 2.05. The average Bonchev–Trinajstić information content (AvgIpc) is 2.33. The minimum Gasteiger partial charge on any atom is -0.496 e. The van der Waals surface area contributed by atoms with Crippen LogP contribution in [0.4, 0.5) is 0 Å². The SMILES string of the molecule is COc1ccc(CN2CCC2)c2ccccc12. The van der Waals surface area contributed by atoms with E-state index in [1.165, 1.54) is 35.8 Å². The lowest BCUT2D eigenvalue weighted by atomic mass is 10.0. The molecule has 0 atom stereocenters. The van der Waals surface area contributed by atoms with Gasteiger partial charge in [0.15, 0.2) is 0 Å². The van der Waals surface area contributed by atoms with E-state index in [0.29, 0.717) is 0 Å². The second-order valence-corrected chi connectivity index (χ2v) is 4.60. The average molecular weight is 227 g/mol. The predicted octanol–water partition coefficient (Wildman–Crippen LogP) is 3.05. The Labute approximate surface area is 102 Å². The maximum Gasteiger partial charge on any atom is 0.126 e. The Morgan fingerprint density at radius 1 is 1.06 bits per heavy atom. The van der Waals surface area contributed by atoms with E-state index in [4.69, 9.17) is 4.74 Å². The predicted molar refractivity (Wildman–Crippen MR) is 70.4 cm³/mol. The molecule has 1 aliphatic heterocycles. The van der Waals surface area contributed by atoms with Gasteiger partial charge in [-0.2, -0.15) is 0 Å². The minimum atomic E-state index is 0.966. The fourth-order valence-corrected chi connectivity index (χ4v) is 2.43. The topological polar surface area (TPSA) is 12.5 Å². The van der Waals surface area contributed by atoms with Gasteiger partial charge < -0.3 is 4.74 Å². The van der Waals surface area contributed by atoms with Crippen molar-refractivity contribution in [1.29, 1.82) is 0 Å². The third kappa shape index (κ3) is 1.89. The molecule has 17 heavy (non-hydrogen) atoms. The highest BCUT2D eigenvalue weighted by atomic mass is 16.5. The molecule has 0 unspecified atom stereocenters. The second kappa shape index (κ2) is 4.38. The van der Waals surface area contributed by atoms with E-state index in [2.05, 4.69) is 41.3 Å². The van der Waals surface area contributed by atoms with Crippen molar-refractivity contribution in [3.05, 3.63) is 42.0 Å². The van der Waals surface area contributed by atoms with Crippen molar-refractivity contribution >= 4 is 10.8 Å². The van der Waals surface area contributed by atoms with E-state index in [0.717, 1.165) is 12.3 Å². The van der Waals surface area contributed by atoms with Gasteiger partial charge in [0, 0.05) is 11.9 Å². The largest absolute Gasteiger partial charge is 0.496 e. The zero-order valence-corrected chi connectivity index (χ0v) is 10.1. The van der Waals surface area contributed by atoms with Crippen LogP contribution in [0, 0.1) is 0 Å². The first-order valence-electron chi connectivity index (χ1n) is 6.15. The lowest BCUT2D eigenvalue weighted by Gasteiger charge is -2.31. The van der Waals surface area contributed by atoms with Crippen LogP contribution in [-0.2, 0) is 6.54 Å². The van der Waals surface area contributed by atoms with Crippen LogP contribution in [0.2, 0.25) is 0 Å². The monoisotopic (exact) mass is 227 g/mol. The van der Waals surface area contributed by atoms with Crippen LogP contribution in [0.15, 0.2) is 36.4 Å². The number of fused-ring (bicyclic) bond motifs is 1. The van der Waals surface area contributed by atoms with Crippen molar-refractivity contribution in [2.24, 2.45) is 0 Å². The molecule has 0 bridgehead atoms. The highest BCUT2D eigenvalue weighted by Crippen LogP contribution is 2.29. The third-order valence-electron chi connectivity index (χ3n) is 3.54. The normalized spacial score (nSPS) is 15.8. The van der Waals surface area contributed by atoms with Gasteiger partial charge in [-0.25, -0.2) is 0 Å². The summed E-state index contributed by atoms with van der Waals surface area (Å²) in [6, 6.07) is 12.8. The third-order valence-corrected chi connectivity index (χ3v) is 3.54. The van der Waals surface area contributed by atoms with Gasteiger partial charge in [-0.05, 0) is 36.5 Å². The van der Waals surface area contributed by atoms with Crippen LogP contribution in [0.1, 0.15) is 12.0 Å². The highest BCUT2D eigenvalue weighted by Gasteiger charge is 2.15. The maximum absolute atomic E-state index is 5.41. The maximum atomic E-state index is 5.41. The molecule has 0 amide bonds. The second-order valence-electron chi connectivity index (χ2n) is 4.60. The Kier molecular flexibility index (Phi) is 2.73. The molecule has 3 rings (SSSR count).